The van der Waals surface area contributed by atoms with Gasteiger partial charge < -0.3 is 0 Å². The maximum atomic E-state index is 13.5. The van der Waals surface area contributed by atoms with E-state index in [1.807, 2.05) is 62.5 Å². The van der Waals surface area contributed by atoms with Gasteiger partial charge in [-0.05, 0) is 42.7 Å². The zero-order chi connectivity index (χ0) is 29.6. The Balaban J connectivity index is 1.75. The van der Waals surface area contributed by atoms with Crippen molar-refractivity contribution in [3.05, 3.63) is 71.3 Å². The number of amides is 1. The molecule has 0 radical (unpaired) electrons. The van der Waals surface area contributed by atoms with Gasteiger partial charge >= 0.3 is 0 Å². The van der Waals surface area contributed by atoms with E-state index in [0.717, 1.165) is 31.4 Å². The molecule has 1 atom stereocenters. The number of para-hydroxylation sites is 1. The van der Waals surface area contributed by atoms with Crippen molar-refractivity contribution in [3.63, 3.8) is 0 Å². The molecule has 0 aliphatic carbocycles. The van der Waals surface area contributed by atoms with Crippen LogP contribution in [0.4, 0.5) is 0 Å². The molecule has 218 valence electrons. The number of rotatable bonds is 13. The Hall–Kier alpha value is -2.79. The van der Waals surface area contributed by atoms with Gasteiger partial charge in [0.2, 0.25) is 10.0 Å². The van der Waals surface area contributed by atoms with E-state index in [4.69, 9.17) is 17.3 Å². The topological polar surface area (TPSA) is 75.5 Å². The molecule has 1 aliphatic rings. The molecule has 3 aromatic rings. The Morgan fingerprint density at radius 3 is 2.44 bits per heavy atom. The highest BCUT2D eigenvalue weighted by Gasteiger charge is 2.33. The Kier molecular flexibility index (Phi) is 10.6. The number of hydrogen-bond acceptors (Lipinski definition) is 6. The number of carbonyl (C=O) groups excluding carboxylic acids is 1. The van der Waals surface area contributed by atoms with Crippen LogP contribution in [0, 0.1) is 5.92 Å². The lowest BCUT2D eigenvalue weighted by atomic mass is 9.99. The van der Waals surface area contributed by atoms with Gasteiger partial charge in [-0.1, -0.05) is 101 Å². The zero-order valence-corrected chi connectivity index (χ0v) is 26.6. The number of benzene rings is 2. The summed E-state index contributed by atoms with van der Waals surface area (Å²) in [7, 11) is -3.66. The molecule has 41 heavy (non-hydrogen) atoms. The van der Waals surface area contributed by atoms with Crippen LogP contribution >= 0.6 is 24.0 Å². The van der Waals surface area contributed by atoms with Crippen molar-refractivity contribution in [3.8, 4) is 16.9 Å². The fraction of sp³-hybridized carbons (Fsp3) is 0.387. The van der Waals surface area contributed by atoms with Gasteiger partial charge in [0.25, 0.3) is 5.91 Å². The predicted molar refractivity (Wildman–Crippen MR) is 172 cm³/mol. The molecule has 7 nitrogen and oxygen atoms in total. The summed E-state index contributed by atoms with van der Waals surface area (Å²) in [5.41, 5.74) is 2.81. The molecule has 0 N–H and O–H groups in total. The van der Waals surface area contributed by atoms with Gasteiger partial charge in [-0.3, -0.25) is 9.69 Å². The van der Waals surface area contributed by atoms with Crippen molar-refractivity contribution in [2.24, 2.45) is 5.92 Å². The number of thiocarbonyl (C=S) groups is 1. The quantitative estimate of drug-likeness (QED) is 0.153. The van der Waals surface area contributed by atoms with E-state index in [1.54, 1.807) is 27.8 Å². The highest BCUT2D eigenvalue weighted by Crippen LogP contribution is 2.36. The van der Waals surface area contributed by atoms with Gasteiger partial charge in [0.05, 0.1) is 15.5 Å². The van der Waals surface area contributed by atoms with Crippen molar-refractivity contribution < 1.29 is 13.2 Å². The first-order chi connectivity index (χ1) is 19.7. The lowest BCUT2D eigenvalue weighted by molar-refractivity contribution is -0.122. The number of sulfonamides is 1. The van der Waals surface area contributed by atoms with Crippen LogP contribution in [0.25, 0.3) is 23.0 Å². The van der Waals surface area contributed by atoms with Crippen molar-refractivity contribution in [1.29, 1.82) is 0 Å². The van der Waals surface area contributed by atoms with E-state index >= 15 is 0 Å². The normalized spacial score (nSPS) is 15.8. The smallest absolute Gasteiger partial charge is 0.266 e. The second kappa shape index (κ2) is 13.9. The largest absolute Gasteiger partial charge is 0.293 e. The first kappa shape index (κ1) is 31.2. The minimum absolute atomic E-state index is 0.0915. The van der Waals surface area contributed by atoms with E-state index in [1.165, 1.54) is 16.1 Å². The van der Waals surface area contributed by atoms with E-state index in [9.17, 15) is 13.2 Å². The van der Waals surface area contributed by atoms with Crippen LogP contribution in [-0.4, -0.2) is 57.3 Å². The molecule has 1 fully saturated rings. The number of nitrogens with zero attached hydrogens (tertiary/aromatic N) is 4. The average molecular weight is 611 g/mol. The fourth-order valence-corrected chi connectivity index (χ4v) is 7.69. The number of hydrogen-bond donors (Lipinski definition) is 0. The molecular weight excluding hydrogens is 573 g/mol. The van der Waals surface area contributed by atoms with Gasteiger partial charge in [-0.15, -0.1) is 0 Å². The molecule has 1 saturated heterocycles. The maximum absolute atomic E-state index is 13.5. The summed E-state index contributed by atoms with van der Waals surface area (Å²) in [4.78, 5) is 16.0. The van der Waals surface area contributed by atoms with Crippen molar-refractivity contribution in [2.75, 3.05) is 19.6 Å². The first-order valence-electron chi connectivity index (χ1n) is 14.2. The summed E-state index contributed by atoms with van der Waals surface area (Å²) < 4.78 is 30.3. The minimum Gasteiger partial charge on any atom is -0.293 e. The number of aromatic nitrogens is 2. The summed E-state index contributed by atoms with van der Waals surface area (Å²) in [6.45, 7) is 9.39. The standard InChI is InChI=1S/C31H38N4O3S3/c1-5-9-14-23(6-2)21-34-30(36)28(40-31(34)39)20-25-22-35(26-16-11-10-12-17-26)32-29(25)24-15-13-18-27(19-24)41(37,38)33(7-3)8-4/h10-13,15-20,22-23H,5-9,14,21H2,1-4H3. The molecule has 2 aromatic carbocycles. The van der Waals surface area contributed by atoms with Crippen molar-refractivity contribution >= 4 is 50.3 Å². The zero-order valence-electron chi connectivity index (χ0n) is 24.1. The summed E-state index contributed by atoms with van der Waals surface area (Å²) in [5, 5.41) is 4.86. The predicted octanol–water partition coefficient (Wildman–Crippen LogP) is 6.99. The van der Waals surface area contributed by atoms with Crippen LogP contribution in [0.5, 0.6) is 0 Å². The highest BCUT2D eigenvalue weighted by atomic mass is 32.2. The van der Waals surface area contributed by atoms with Crippen LogP contribution < -0.4 is 0 Å². The first-order valence-corrected chi connectivity index (χ1v) is 16.9. The van der Waals surface area contributed by atoms with Crippen LogP contribution in [0.3, 0.4) is 0 Å². The molecule has 1 amide bonds. The number of unbranched alkanes of at least 4 members (excludes halogenated alkanes) is 1. The van der Waals surface area contributed by atoms with Crippen LogP contribution in [0.1, 0.15) is 58.9 Å². The van der Waals surface area contributed by atoms with E-state index < -0.39 is 10.0 Å². The monoisotopic (exact) mass is 610 g/mol. The summed E-state index contributed by atoms with van der Waals surface area (Å²) >= 11 is 6.95. The lowest BCUT2D eigenvalue weighted by Gasteiger charge is -2.21. The maximum Gasteiger partial charge on any atom is 0.266 e. The minimum atomic E-state index is -3.66. The molecule has 1 unspecified atom stereocenters. The highest BCUT2D eigenvalue weighted by molar-refractivity contribution is 8.26. The molecule has 10 heteroatoms. The van der Waals surface area contributed by atoms with Crippen LogP contribution in [0.15, 0.2) is 70.6 Å². The number of thioether (sulfide) groups is 1. The molecule has 1 aromatic heterocycles. The van der Waals surface area contributed by atoms with Crippen molar-refractivity contribution in [2.45, 2.75) is 58.3 Å². The number of carbonyl (C=O) groups is 1. The van der Waals surface area contributed by atoms with Gasteiger partial charge in [-0.25, -0.2) is 13.1 Å². The Morgan fingerprint density at radius 1 is 1.05 bits per heavy atom. The summed E-state index contributed by atoms with van der Waals surface area (Å²) in [6, 6.07) is 16.5. The van der Waals surface area contributed by atoms with Gasteiger partial charge in [0.15, 0.2) is 0 Å². The molecule has 4 rings (SSSR count). The third kappa shape index (κ3) is 6.99. The molecule has 2 heterocycles. The molecule has 1 aliphatic heterocycles. The van der Waals surface area contributed by atoms with Gasteiger partial charge in [0.1, 0.15) is 10.0 Å². The molecule has 0 spiro atoms. The van der Waals surface area contributed by atoms with Crippen LogP contribution in [0.2, 0.25) is 0 Å². The SMILES string of the molecule is CCCCC(CC)CN1C(=O)C(=Cc2cn(-c3ccccc3)nc2-c2cccc(S(=O)(=O)N(CC)CC)c2)SC1=S. The third-order valence-corrected chi connectivity index (χ3v) is 10.8. The van der Waals surface area contributed by atoms with Crippen molar-refractivity contribution in [1.82, 2.24) is 19.0 Å². The third-order valence-electron chi connectivity index (χ3n) is 7.36. The lowest BCUT2D eigenvalue weighted by Crippen LogP contribution is -2.33. The van der Waals surface area contributed by atoms with Gasteiger partial charge in [0, 0.05) is 37.0 Å². The fourth-order valence-electron chi connectivity index (χ4n) is 4.92. The van der Waals surface area contributed by atoms with Crippen LogP contribution in [-0.2, 0) is 14.8 Å². The van der Waals surface area contributed by atoms with E-state index in [0.29, 0.717) is 51.6 Å². The van der Waals surface area contributed by atoms with Gasteiger partial charge in [-0.2, -0.15) is 9.40 Å². The average Bonchev–Trinajstić information content (AvgIpc) is 3.52. The Labute approximate surface area is 253 Å². The molecule has 0 saturated carbocycles. The summed E-state index contributed by atoms with van der Waals surface area (Å²) in [5.74, 6) is 0.315. The van der Waals surface area contributed by atoms with E-state index in [2.05, 4.69) is 13.8 Å². The molecular formula is C31H38N4O3S3. The molecule has 0 bridgehead atoms. The second-order valence-corrected chi connectivity index (χ2v) is 13.7. The van der Waals surface area contributed by atoms with E-state index in [-0.39, 0.29) is 10.8 Å². The second-order valence-electron chi connectivity index (χ2n) is 10.0. The Bertz CT molecular complexity index is 1510. The Morgan fingerprint density at radius 2 is 1.78 bits per heavy atom. The summed E-state index contributed by atoms with van der Waals surface area (Å²) in [6.07, 6.45) is 8.04.